The Morgan fingerprint density at radius 1 is 1.15 bits per heavy atom. The first-order valence-electron chi connectivity index (χ1n) is 11.4. The molecule has 1 aliphatic heterocycles. The molecule has 4 heterocycles. The number of hydrogen-bond donors (Lipinski definition) is 1. The third kappa shape index (κ3) is 4.52. The van der Waals surface area contributed by atoms with Crippen molar-refractivity contribution in [3.8, 4) is 0 Å². The van der Waals surface area contributed by atoms with E-state index in [9.17, 15) is 4.79 Å². The maximum absolute atomic E-state index is 13.0. The van der Waals surface area contributed by atoms with Crippen molar-refractivity contribution >= 4 is 22.7 Å². The molecule has 0 unspecified atom stereocenters. The van der Waals surface area contributed by atoms with E-state index in [2.05, 4.69) is 35.1 Å². The van der Waals surface area contributed by atoms with Crippen molar-refractivity contribution in [3.05, 3.63) is 89.1 Å². The number of amides is 1. The van der Waals surface area contributed by atoms with Crippen molar-refractivity contribution in [1.82, 2.24) is 15.3 Å². The SMILES string of the molecule is Cc1cc(CN2COCC(C)(C)c3ccc(C(=O)NCc4cc5ccccc5o4)nc32)ccn1. The molecule has 0 bridgehead atoms. The summed E-state index contributed by atoms with van der Waals surface area (Å²) in [6.45, 7) is 8.12. The lowest BCUT2D eigenvalue weighted by Gasteiger charge is -2.26. The highest BCUT2D eigenvalue weighted by atomic mass is 16.5. The Morgan fingerprint density at radius 3 is 2.82 bits per heavy atom. The maximum Gasteiger partial charge on any atom is 0.270 e. The second kappa shape index (κ2) is 8.91. The number of hydrogen-bond acceptors (Lipinski definition) is 6. The number of ether oxygens (including phenoxy) is 1. The van der Waals surface area contributed by atoms with E-state index in [0.717, 1.165) is 33.6 Å². The van der Waals surface area contributed by atoms with Gasteiger partial charge in [-0.15, -0.1) is 0 Å². The molecule has 4 aromatic rings. The van der Waals surface area contributed by atoms with E-state index in [1.54, 1.807) is 6.07 Å². The van der Waals surface area contributed by atoms with Crippen LogP contribution in [-0.4, -0.2) is 29.2 Å². The van der Waals surface area contributed by atoms with Crippen molar-refractivity contribution in [2.24, 2.45) is 0 Å². The number of carbonyl (C=O) groups excluding carboxylic acids is 1. The van der Waals surface area contributed by atoms with Gasteiger partial charge in [0.15, 0.2) is 0 Å². The smallest absolute Gasteiger partial charge is 0.270 e. The van der Waals surface area contributed by atoms with Crippen molar-refractivity contribution in [3.63, 3.8) is 0 Å². The third-order valence-electron chi connectivity index (χ3n) is 6.08. The fraction of sp³-hybridized carbons (Fsp3) is 0.296. The Kier molecular flexibility index (Phi) is 5.79. The van der Waals surface area contributed by atoms with Crippen molar-refractivity contribution < 1.29 is 13.9 Å². The van der Waals surface area contributed by atoms with Gasteiger partial charge < -0.3 is 19.4 Å². The molecule has 174 valence electrons. The van der Waals surface area contributed by atoms with Crippen LogP contribution < -0.4 is 10.2 Å². The summed E-state index contributed by atoms with van der Waals surface area (Å²) in [5.74, 6) is 1.23. The lowest BCUT2D eigenvalue weighted by Crippen LogP contribution is -2.28. The Labute approximate surface area is 198 Å². The number of benzene rings is 1. The molecule has 34 heavy (non-hydrogen) atoms. The largest absolute Gasteiger partial charge is 0.459 e. The monoisotopic (exact) mass is 456 g/mol. The van der Waals surface area contributed by atoms with Gasteiger partial charge in [0.05, 0.1) is 13.2 Å². The molecule has 0 spiro atoms. The predicted molar refractivity (Wildman–Crippen MR) is 131 cm³/mol. The van der Waals surface area contributed by atoms with E-state index in [4.69, 9.17) is 14.1 Å². The lowest BCUT2D eigenvalue weighted by molar-refractivity contribution is 0.0943. The molecule has 0 fully saturated rings. The lowest BCUT2D eigenvalue weighted by atomic mass is 9.85. The van der Waals surface area contributed by atoms with E-state index in [1.807, 2.05) is 55.6 Å². The minimum atomic E-state index is -0.245. The Balaban J connectivity index is 1.40. The van der Waals surface area contributed by atoms with Gasteiger partial charge >= 0.3 is 0 Å². The van der Waals surface area contributed by atoms with Crippen molar-refractivity contribution in [1.29, 1.82) is 0 Å². The number of fused-ring (bicyclic) bond motifs is 2. The van der Waals surface area contributed by atoms with Crippen molar-refractivity contribution in [2.75, 3.05) is 18.2 Å². The zero-order chi connectivity index (χ0) is 23.7. The number of para-hydroxylation sites is 1. The molecule has 7 heteroatoms. The first-order valence-corrected chi connectivity index (χ1v) is 11.4. The van der Waals surface area contributed by atoms with Gasteiger partial charge in [-0.1, -0.05) is 38.1 Å². The van der Waals surface area contributed by atoms with Gasteiger partial charge in [0, 0.05) is 34.8 Å². The van der Waals surface area contributed by atoms with Crippen LogP contribution in [0, 0.1) is 6.92 Å². The zero-order valence-electron chi connectivity index (χ0n) is 19.7. The molecule has 0 radical (unpaired) electrons. The summed E-state index contributed by atoms with van der Waals surface area (Å²) in [6, 6.07) is 17.6. The normalized spacial score (nSPS) is 15.1. The Hall–Kier alpha value is -3.71. The molecule has 0 aliphatic carbocycles. The standard InChI is InChI=1S/C27H28N4O3/c1-18-12-19(10-11-28-18)15-31-17-33-16-27(2,3)22-8-9-23(30-25(22)31)26(32)29-14-21-13-20-6-4-5-7-24(20)34-21/h4-13H,14-17H2,1-3H3,(H,29,32). The molecular formula is C27H28N4O3. The second-order valence-electron chi connectivity index (χ2n) is 9.37. The first kappa shape index (κ1) is 22.1. The highest BCUT2D eigenvalue weighted by Crippen LogP contribution is 2.35. The maximum atomic E-state index is 13.0. The summed E-state index contributed by atoms with van der Waals surface area (Å²) in [7, 11) is 0. The third-order valence-corrected chi connectivity index (χ3v) is 6.08. The van der Waals surface area contributed by atoms with Crippen LogP contribution in [0.5, 0.6) is 0 Å². The van der Waals surface area contributed by atoms with Crippen LogP contribution in [0.3, 0.4) is 0 Å². The average Bonchev–Trinajstić information content (AvgIpc) is 3.19. The molecule has 5 rings (SSSR count). The minimum Gasteiger partial charge on any atom is -0.459 e. The van der Waals surface area contributed by atoms with Crippen LogP contribution in [0.4, 0.5) is 5.82 Å². The summed E-state index contributed by atoms with van der Waals surface area (Å²) in [5.41, 5.74) is 4.07. The number of carbonyl (C=O) groups is 1. The molecular weight excluding hydrogens is 428 g/mol. The molecule has 1 N–H and O–H groups in total. The van der Waals surface area contributed by atoms with E-state index < -0.39 is 0 Å². The van der Waals surface area contributed by atoms with E-state index in [-0.39, 0.29) is 11.3 Å². The number of anilines is 1. The molecule has 0 saturated carbocycles. The van der Waals surface area contributed by atoms with Crippen LogP contribution in [0.1, 0.15) is 46.9 Å². The number of aromatic nitrogens is 2. The summed E-state index contributed by atoms with van der Waals surface area (Å²) in [6.07, 6.45) is 1.81. The summed E-state index contributed by atoms with van der Waals surface area (Å²) in [5, 5.41) is 3.95. The van der Waals surface area contributed by atoms with E-state index in [1.165, 1.54) is 0 Å². The van der Waals surface area contributed by atoms with Gasteiger partial charge in [-0.2, -0.15) is 0 Å². The van der Waals surface area contributed by atoms with E-state index in [0.29, 0.717) is 37.9 Å². The summed E-state index contributed by atoms with van der Waals surface area (Å²) in [4.78, 5) is 24.2. The average molecular weight is 457 g/mol. The topological polar surface area (TPSA) is 80.5 Å². The summed E-state index contributed by atoms with van der Waals surface area (Å²) < 4.78 is 11.8. The van der Waals surface area contributed by atoms with Crippen LogP contribution in [0.2, 0.25) is 0 Å². The number of nitrogens with zero attached hydrogens (tertiary/aromatic N) is 3. The molecule has 1 aromatic carbocycles. The van der Waals surface area contributed by atoms with Crippen LogP contribution in [0.15, 0.2) is 65.2 Å². The molecule has 3 aromatic heterocycles. The molecule has 0 saturated heterocycles. The number of furan rings is 1. The van der Waals surface area contributed by atoms with Gasteiger partial charge in [-0.3, -0.25) is 9.78 Å². The Bertz CT molecular complexity index is 1310. The highest BCUT2D eigenvalue weighted by molar-refractivity contribution is 5.93. The first-order chi connectivity index (χ1) is 16.4. The molecule has 7 nitrogen and oxygen atoms in total. The summed E-state index contributed by atoms with van der Waals surface area (Å²) >= 11 is 0. The van der Waals surface area contributed by atoms with Crippen LogP contribution in [0.25, 0.3) is 11.0 Å². The molecule has 1 aliphatic rings. The van der Waals surface area contributed by atoms with E-state index >= 15 is 0 Å². The minimum absolute atomic E-state index is 0.228. The second-order valence-corrected chi connectivity index (χ2v) is 9.37. The van der Waals surface area contributed by atoms with Gasteiger partial charge in [-0.05, 0) is 42.8 Å². The number of pyridine rings is 2. The number of nitrogens with one attached hydrogen (secondary N) is 1. The van der Waals surface area contributed by atoms with Crippen LogP contribution in [-0.2, 0) is 23.2 Å². The predicted octanol–water partition coefficient (Wildman–Crippen LogP) is 4.73. The van der Waals surface area contributed by atoms with Crippen molar-refractivity contribution in [2.45, 2.75) is 39.3 Å². The van der Waals surface area contributed by atoms with Gasteiger partial charge in [0.1, 0.15) is 29.6 Å². The highest BCUT2D eigenvalue weighted by Gasteiger charge is 2.31. The van der Waals surface area contributed by atoms with Crippen LogP contribution >= 0.6 is 0 Å². The van der Waals surface area contributed by atoms with Gasteiger partial charge in [-0.25, -0.2) is 4.98 Å². The fourth-order valence-electron chi connectivity index (χ4n) is 4.32. The number of rotatable bonds is 5. The fourth-order valence-corrected chi connectivity index (χ4v) is 4.32. The zero-order valence-corrected chi connectivity index (χ0v) is 19.7. The molecule has 0 atom stereocenters. The quantitative estimate of drug-likeness (QED) is 0.468. The van der Waals surface area contributed by atoms with Gasteiger partial charge in [0.25, 0.3) is 5.91 Å². The Morgan fingerprint density at radius 2 is 2.00 bits per heavy atom. The van der Waals surface area contributed by atoms with Gasteiger partial charge in [0.2, 0.25) is 0 Å². The number of aryl methyl sites for hydroxylation is 1. The molecule has 1 amide bonds.